The van der Waals surface area contributed by atoms with Crippen molar-refractivity contribution in [3.63, 3.8) is 0 Å². The number of primary amides is 1. The molecule has 0 spiro atoms. The highest BCUT2D eigenvalue weighted by Crippen LogP contribution is 2.23. The Bertz CT molecular complexity index is 738. The van der Waals surface area contributed by atoms with Crippen molar-refractivity contribution in [2.24, 2.45) is 5.73 Å². The highest BCUT2D eigenvalue weighted by molar-refractivity contribution is 5.93. The van der Waals surface area contributed by atoms with Gasteiger partial charge in [-0.1, -0.05) is 12.1 Å². The van der Waals surface area contributed by atoms with Crippen molar-refractivity contribution in [2.75, 3.05) is 5.73 Å². The Hall–Kier alpha value is -3.07. The number of nitriles is 1. The first kappa shape index (κ1) is 14.3. The van der Waals surface area contributed by atoms with Crippen molar-refractivity contribution in [1.82, 2.24) is 0 Å². The van der Waals surface area contributed by atoms with Crippen LogP contribution in [0.3, 0.4) is 0 Å². The van der Waals surface area contributed by atoms with Crippen molar-refractivity contribution in [1.29, 1.82) is 5.26 Å². The van der Waals surface area contributed by atoms with E-state index in [1.165, 1.54) is 30.3 Å². The molecule has 0 aromatic heterocycles. The lowest BCUT2D eigenvalue weighted by Gasteiger charge is -2.10. The van der Waals surface area contributed by atoms with Crippen molar-refractivity contribution in [3.05, 3.63) is 58.9 Å². The predicted octanol–water partition coefficient (Wildman–Crippen LogP) is 1.96. The maximum atomic E-state index is 13.4. The second kappa shape index (κ2) is 5.92. The molecule has 2 aromatic carbocycles. The summed E-state index contributed by atoms with van der Waals surface area (Å²) in [5.41, 5.74) is 12.0. The van der Waals surface area contributed by atoms with Crippen LogP contribution >= 0.6 is 0 Å². The Morgan fingerprint density at radius 2 is 2.10 bits per heavy atom. The van der Waals surface area contributed by atoms with Gasteiger partial charge in [0.1, 0.15) is 29.8 Å². The van der Waals surface area contributed by atoms with Crippen molar-refractivity contribution in [2.45, 2.75) is 6.61 Å². The number of nitrogens with two attached hydrogens (primary N) is 2. The van der Waals surface area contributed by atoms with E-state index in [0.717, 1.165) is 0 Å². The second-order valence-electron chi connectivity index (χ2n) is 4.29. The van der Waals surface area contributed by atoms with Crippen LogP contribution in [-0.2, 0) is 6.61 Å². The molecule has 0 saturated carbocycles. The number of nitrogen functional groups attached to an aromatic ring is 1. The van der Waals surface area contributed by atoms with Crippen LogP contribution in [0.1, 0.15) is 21.5 Å². The number of hydrogen-bond donors (Lipinski definition) is 2. The van der Waals surface area contributed by atoms with Gasteiger partial charge >= 0.3 is 0 Å². The fraction of sp³-hybridized carbons (Fsp3) is 0.0667. The number of anilines is 1. The molecule has 0 aliphatic carbocycles. The van der Waals surface area contributed by atoms with Crippen LogP contribution in [0.5, 0.6) is 5.75 Å². The largest absolute Gasteiger partial charge is 0.487 e. The first-order chi connectivity index (χ1) is 10.0. The third-order valence-electron chi connectivity index (χ3n) is 2.90. The van der Waals surface area contributed by atoms with E-state index in [-0.39, 0.29) is 17.9 Å². The molecule has 106 valence electrons. The number of halogens is 1. The van der Waals surface area contributed by atoms with Crippen LogP contribution in [0.2, 0.25) is 0 Å². The molecule has 1 amide bonds. The number of hydrogen-bond acceptors (Lipinski definition) is 4. The number of benzene rings is 2. The molecule has 0 atom stereocenters. The summed E-state index contributed by atoms with van der Waals surface area (Å²) >= 11 is 0. The number of amides is 1. The summed E-state index contributed by atoms with van der Waals surface area (Å²) in [6.07, 6.45) is 0. The van der Waals surface area contributed by atoms with Crippen molar-refractivity contribution < 1.29 is 13.9 Å². The summed E-state index contributed by atoms with van der Waals surface area (Å²) in [5, 5.41) is 8.90. The van der Waals surface area contributed by atoms with Gasteiger partial charge in [-0.15, -0.1) is 0 Å². The Morgan fingerprint density at radius 1 is 1.33 bits per heavy atom. The zero-order valence-corrected chi connectivity index (χ0v) is 11.0. The van der Waals surface area contributed by atoms with Crippen LogP contribution in [0.15, 0.2) is 36.4 Å². The monoisotopic (exact) mass is 285 g/mol. The van der Waals surface area contributed by atoms with Crippen molar-refractivity contribution in [3.8, 4) is 11.8 Å². The van der Waals surface area contributed by atoms with E-state index in [1.807, 2.05) is 0 Å². The number of ether oxygens (including phenoxy) is 1. The molecule has 6 heteroatoms. The number of carbonyl (C=O) groups is 1. The normalized spacial score (nSPS) is 9.90. The Balaban J connectivity index is 2.20. The molecule has 0 bridgehead atoms. The number of nitrogens with zero attached hydrogens (tertiary/aromatic N) is 1. The molecular formula is C15H12FN3O2. The molecule has 0 aliphatic heterocycles. The smallest absolute Gasteiger partial charge is 0.248 e. The lowest BCUT2D eigenvalue weighted by molar-refractivity contribution is 0.100. The van der Waals surface area contributed by atoms with Crippen LogP contribution < -0.4 is 16.2 Å². The predicted molar refractivity (Wildman–Crippen MR) is 74.8 cm³/mol. The van der Waals surface area contributed by atoms with E-state index in [0.29, 0.717) is 16.8 Å². The van der Waals surface area contributed by atoms with E-state index in [9.17, 15) is 9.18 Å². The van der Waals surface area contributed by atoms with E-state index in [4.69, 9.17) is 21.5 Å². The summed E-state index contributed by atoms with van der Waals surface area (Å²) < 4.78 is 18.8. The lowest BCUT2D eigenvalue weighted by atomic mass is 10.1. The molecule has 0 fully saturated rings. The summed E-state index contributed by atoms with van der Waals surface area (Å²) in [5.74, 6) is -1.09. The van der Waals surface area contributed by atoms with Gasteiger partial charge in [0.25, 0.3) is 0 Å². The molecule has 0 aliphatic rings. The van der Waals surface area contributed by atoms with E-state index in [1.54, 1.807) is 12.1 Å². The number of rotatable bonds is 4. The molecule has 5 nitrogen and oxygen atoms in total. The van der Waals surface area contributed by atoms with E-state index >= 15 is 0 Å². The number of carbonyl (C=O) groups excluding carboxylic acids is 1. The van der Waals surface area contributed by atoms with Crippen LogP contribution in [-0.4, -0.2) is 5.91 Å². The SMILES string of the molecule is N#Cc1c(F)cccc1OCc1ccc(C(N)=O)cc1N. The Labute approximate surface area is 120 Å². The van der Waals surface area contributed by atoms with Crippen molar-refractivity contribution >= 4 is 11.6 Å². The quantitative estimate of drug-likeness (QED) is 0.838. The zero-order valence-electron chi connectivity index (χ0n) is 11.0. The van der Waals surface area contributed by atoms with Gasteiger partial charge < -0.3 is 16.2 Å². The summed E-state index contributed by atoms with van der Waals surface area (Å²) in [4.78, 5) is 11.0. The van der Waals surface area contributed by atoms with Crippen LogP contribution in [0, 0.1) is 17.1 Å². The van der Waals surface area contributed by atoms with Gasteiger partial charge in [-0.05, 0) is 24.3 Å². The Morgan fingerprint density at radius 3 is 2.71 bits per heavy atom. The molecule has 0 heterocycles. The second-order valence-corrected chi connectivity index (χ2v) is 4.29. The summed E-state index contributed by atoms with van der Waals surface area (Å²) in [6, 6.07) is 10.4. The first-order valence-corrected chi connectivity index (χ1v) is 6.02. The average Bonchev–Trinajstić information content (AvgIpc) is 2.45. The third kappa shape index (κ3) is 3.09. The molecule has 21 heavy (non-hydrogen) atoms. The van der Waals surface area contributed by atoms with Gasteiger partial charge in [0.05, 0.1) is 0 Å². The molecular weight excluding hydrogens is 273 g/mol. The highest BCUT2D eigenvalue weighted by atomic mass is 19.1. The maximum Gasteiger partial charge on any atom is 0.248 e. The van der Waals surface area contributed by atoms with Crippen LogP contribution in [0.4, 0.5) is 10.1 Å². The topological polar surface area (TPSA) is 102 Å². The van der Waals surface area contributed by atoms with E-state index in [2.05, 4.69) is 0 Å². The third-order valence-corrected chi connectivity index (χ3v) is 2.90. The Kier molecular flexibility index (Phi) is 4.05. The first-order valence-electron chi connectivity index (χ1n) is 6.02. The van der Waals surface area contributed by atoms with Gasteiger partial charge in [-0.3, -0.25) is 4.79 Å². The highest BCUT2D eigenvalue weighted by Gasteiger charge is 2.10. The molecule has 0 unspecified atom stereocenters. The zero-order chi connectivity index (χ0) is 15.4. The summed E-state index contributed by atoms with van der Waals surface area (Å²) in [6.45, 7) is 0.0447. The fourth-order valence-electron chi connectivity index (χ4n) is 1.77. The van der Waals surface area contributed by atoms with Gasteiger partial charge in [0.2, 0.25) is 5.91 Å². The van der Waals surface area contributed by atoms with Gasteiger partial charge in [0, 0.05) is 16.8 Å². The minimum absolute atomic E-state index is 0.0447. The molecule has 2 aromatic rings. The molecule has 2 rings (SSSR count). The van der Waals surface area contributed by atoms with Crippen LogP contribution in [0.25, 0.3) is 0 Å². The molecule has 4 N–H and O–H groups in total. The minimum Gasteiger partial charge on any atom is -0.487 e. The summed E-state index contributed by atoms with van der Waals surface area (Å²) in [7, 11) is 0. The lowest BCUT2D eigenvalue weighted by Crippen LogP contribution is -2.12. The minimum atomic E-state index is -0.646. The molecule has 0 saturated heterocycles. The maximum absolute atomic E-state index is 13.4. The van der Waals surface area contributed by atoms with Gasteiger partial charge in [-0.2, -0.15) is 5.26 Å². The molecule has 0 radical (unpaired) electrons. The van der Waals surface area contributed by atoms with E-state index < -0.39 is 11.7 Å². The van der Waals surface area contributed by atoms with Gasteiger partial charge in [-0.25, -0.2) is 4.39 Å². The standard InChI is InChI=1S/C15H12FN3O2/c16-12-2-1-3-14(11(12)7-17)21-8-10-5-4-9(15(19)20)6-13(10)18/h1-6H,8,18H2,(H2,19,20). The fourth-order valence-corrected chi connectivity index (χ4v) is 1.77. The average molecular weight is 285 g/mol. The van der Waals surface area contributed by atoms with Gasteiger partial charge in [0.15, 0.2) is 0 Å².